The second-order valence-corrected chi connectivity index (χ2v) is 7.79. The number of nitrogens with zero attached hydrogens (tertiary/aromatic N) is 1. The van der Waals surface area contributed by atoms with E-state index in [1.807, 2.05) is 73.8 Å². The molecule has 0 aliphatic carbocycles. The minimum Gasteiger partial charge on any atom is -0.492 e. The van der Waals surface area contributed by atoms with E-state index in [4.69, 9.17) is 4.74 Å². The molecule has 0 bridgehead atoms. The van der Waals surface area contributed by atoms with Gasteiger partial charge in [-0.1, -0.05) is 54.2 Å². The van der Waals surface area contributed by atoms with Crippen LogP contribution in [0.2, 0.25) is 0 Å². The number of amides is 1. The SMILES string of the molecule is CCOc1ccccc1NC(=O)[C@H](Sc1nc(C)cs1)c1ccccc1. The molecule has 1 amide bonds. The maximum Gasteiger partial charge on any atom is 0.242 e. The molecule has 2 aromatic carbocycles. The average molecular weight is 385 g/mol. The molecule has 3 aromatic rings. The van der Waals surface area contributed by atoms with Gasteiger partial charge in [0.25, 0.3) is 0 Å². The molecular weight excluding hydrogens is 364 g/mol. The van der Waals surface area contributed by atoms with Crippen molar-refractivity contribution in [2.24, 2.45) is 0 Å². The Kier molecular flexibility index (Phi) is 6.30. The third kappa shape index (κ3) is 4.65. The summed E-state index contributed by atoms with van der Waals surface area (Å²) in [6.07, 6.45) is 0. The highest BCUT2D eigenvalue weighted by atomic mass is 32.2. The van der Waals surface area contributed by atoms with Gasteiger partial charge < -0.3 is 10.1 Å². The second-order valence-electron chi connectivity index (χ2n) is 5.58. The lowest BCUT2D eigenvalue weighted by Gasteiger charge is -2.17. The third-order valence-electron chi connectivity index (χ3n) is 3.60. The van der Waals surface area contributed by atoms with Gasteiger partial charge in [-0.2, -0.15) is 0 Å². The van der Waals surface area contributed by atoms with E-state index in [1.165, 1.54) is 11.8 Å². The Bertz CT molecular complexity index is 865. The summed E-state index contributed by atoms with van der Waals surface area (Å²) < 4.78 is 6.49. The lowest BCUT2D eigenvalue weighted by Crippen LogP contribution is -2.19. The molecule has 134 valence electrons. The van der Waals surface area contributed by atoms with Crippen LogP contribution in [0.5, 0.6) is 5.75 Å². The fraction of sp³-hybridized carbons (Fsp3) is 0.200. The van der Waals surface area contributed by atoms with Crippen molar-refractivity contribution in [3.63, 3.8) is 0 Å². The van der Waals surface area contributed by atoms with Crippen LogP contribution in [0.3, 0.4) is 0 Å². The van der Waals surface area contributed by atoms with Crippen molar-refractivity contribution in [2.45, 2.75) is 23.4 Å². The Balaban J connectivity index is 1.85. The summed E-state index contributed by atoms with van der Waals surface area (Å²) in [6.45, 7) is 4.42. The van der Waals surface area contributed by atoms with Crippen LogP contribution < -0.4 is 10.1 Å². The summed E-state index contributed by atoms with van der Waals surface area (Å²) in [5.41, 5.74) is 2.58. The molecule has 4 nitrogen and oxygen atoms in total. The topological polar surface area (TPSA) is 51.2 Å². The summed E-state index contributed by atoms with van der Waals surface area (Å²) in [6, 6.07) is 17.2. The molecule has 0 aliphatic heterocycles. The minimum atomic E-state index is -0.392. The number of ether oxygens (including phenoxy) is 1. The van der Waals surface area contributed by atoms with Crippen molar-refractivity contribution in [1.82, 2.24) is 4.98 Å². The van der Waals surface area contributed by atoms with Crippen LogP contribution in [0.1, 0.15) is 23.4 Å². The molecule has 0 fully saturated rings. The maximum absolute atomic E-state index is 13.1. The molecule has 3 rings (SSSR count). The molecule has 1 heterocycles. The fourth-order valence-electron chi connectivity index (χ4n) is 2.44. The first-order chi connectivity index (χ1) is 12.7. The Morgan fingerprint density at radius 1 is 1.19 bits per heavy atom. The third-order valence-corrected chi connectivity index (χ3v) is 5.95. The van der Waals surface area contributed by atoms with E-state index in [2.05, 4.69) is 10.3 Å². The predicted octanol–water partition coefficient (Wildman–Crippen LogP) is 5.32. The number of anilines is 1. The van der Waals surface area contributed by atoms with Gasteiger partial charge in [0.1, 0.15) is 11.0 Å². The van der Waals surface area contributed by atoms with Gasteiger partial charge in [-0.15, -0.1) is 11.3 Å². The Morgan fingerprint density at radius 3 is 2.62 bits per heavy atom. The van der Waals surface area contributed by atoms with Gasteiger partial charge >= 0.3 is 0 Å². The van der Waals surface area contributed by atoms with Crippen LogP contribution in [-0.2, 0) is 4.79 Å². The number of rotatable bonds is 7. The molecule has 0 saturated heterocycles. The van der Waals surface area contributed by atoms with E-state index < -0.39 is 5.25 Å². The zero-order chi connectivity index (χ0) is 18.4. The van der Waals surface area contributed by atoms with Crippen molar-refractivity contribution in [2.75, 3.05) is 11.9 Å². The molecule has 0 aliphatic rings. The number of carbonyl (C=O) groups excluding carboxylic acids is 1. The number of aryl methyl sites for hydroxylation is 1. The van der Waals surface area contributed by atoms with Crippen molar-refractivity contribution >= 4 is 34.7 Å². The van der Waals surface area contributed by atoms with Gasteiger partial charge in [-0.05, 0) is 31.5 Å². The Labute approximate surface area is 161 Å². The molecule has 1 atom stereocenters. The molecule has 0 spiro atoms. The van der Waals surface area contributed by atoms with Crippen LogP contribution in [0.15, 0.2) is 64.3 Å². The summed E-state index contributed by atoms with van der Waals surface area (Å²) in [7, 11) is 0. The normalized spacial score (nSPS) is 11.8. The van der Waals surface area contributed by atoms with Crippen LogP contribution in [0.25, 0.3) is 0 Å². The molecule has 26 heavy (non-hydrogen) atoms. The number of thioether (sulfide) groups is 1. The van der Waals surface area contributed by atoms with E-state index in [0.29, 0.717) is 18.0 Å². The predicted molar refractivity (Wildman–Crippen MR) is 108 cm³/mol. The zero-order valence-corrected chi connectivity index (χ0v) is 16.3. The van der Waals surface area contributed by atoms with E-state index in [0.717, 1.165) is 15.6 Å². The summed E-state index contributed by atoms with van der Waals surface area (Å²) >= 11 is 3.02. The minimum absolute atomic E-state index is 0.0961. The highest BCUT2D eigenvalue weighted by Crippen LogP contribution is 2.38. The quantitative estimate of drug-likeness (QED) is 0.560. The smallest absolute Gasteiger partial charge is 0.242 e. The highest BCUT2D eigenvalue weighted by Gasteiger charge is 2.24. The number of hydrogen-bond donors (Lipinski definition) is 1. The monoisotopic (exact) mass is 384 g/mol. The van der Waals surface area contributed by atoms with Crippen LogP contribution >= 0.6 is 23.1 Å². The fourth-order valence-corrected chi connectivity index (χ4v) is 4.47. The number of aromatic nitrogens is 1. The molecule has 0 unspecified atom stereocenters. The largest absolute Gasteiger partial charge is 0.492 e. The number of hydrogen-bond acceptors (Lipinski definition) is 5. The van der Waals surface area contributed by atoms with Crippen molar-refractivity contribution in [1.29, 1.82) is 0 Å². The van der Waals surface area contributed by atoms with Gasteiger partial charge in [-0.25, -0.2) is 4.98 Å². The number of carbonyl (C=O) groups is 1. The summed E-state index contributed by atoms with van der Waals surface area (Å²) in [4.78, 5) is 17.6. The first kappa shape index (κ1) is 18.5. The van der Waals surface area contributed by atoms with Crippen LogP contribution in [-0.4, -0.2) is 17.5 Å². The van der Waals surface area contributed by atoms with Crippen molar-refractivity contribution in [3.8, 4) is 5.75 Å². The van der Waals surface area contributed by atoms with E-state index >= 15 is 0 Å². The van der Waals surface area contributed by atoms with Crippen LogP contribution in [0, 0.1) is 6.92 Å². The maximum atomic E-state index is 13.1. The summed E-state index contributed by atoms with van der Waals surface area (Å²) in [5, 5.41) is 4.61. The van der Waals surface area contributed by atoms with Gasteiger partial charge in [-0.3, -0.25) is 4.79 Å². The molecular formula is C20H20N2O2S2. The molecule has 1 aromatic heterocycles. The van der Waals surface area contributed by atoms with Gasteiger partial charge in [0.15, 0.2) is 4.34 Å². The number of thiazole rings is 1. The average Bonchev–Trinajstić information content (AvgIpc) is 3.07. The standard InChI is InChI=1S/C20H20N2O2S2/c1-3-24-17-12-8-7-11-16(17)22-19(23)18(15-9-5-4-6-10-15)26-20-21-14(2)13-25-20/h4-13,18H,3H2,1-2H3,(H,22,23)/t18-/m1/s1. The first-order valence-corrected chi connectivity index (χ1v) is 10.1. The van der Waals surface area contributed by atoms with Gasteiger partial charge in [0.05, 0.1) is 12.3 Å². The van der Waals surface area contributed by atoms with Crippen molar-refractivity contribution < 1.29 is 9.53 Å². The van der Waals surface area contributed by atoms with Crippen LogP contribution in [0.4, 0.5) is 5.69 Å². The van der Waals surface area contributed by atoms with Crippen molar-refractivity contribution in [3.05, 3.63) is 71.2 Å². The molecule has 0 radical (unpaired) electrons. The lowest BCUT2D eigenvalue weighted by molar-refractivity contribution is -0.115. The Morgan fingerprint density at radius 2 is 1.92 bits per heavy atom. The number of nitrogens with one attached hydrogen (secondary N) is 1. The molecule has 0 saturated carbocycles. The lowest BCUT2D eigenvalue weighted by atomic mass is 10.1. The molecule has 1 N–H and O–H groups in total. The van der Waals surface area contributed by atoms with Gasteiger partial charge in [0, 0.05) is 11.1 Å². The number of benzene rings is 2. The van der Waals surface area contributed by atoms with E-state index in [-0.39, 0.29) is 5.91 Å². The first-order valence-electron chi connectivity index (χ1n) is 8.33. The van der Waals surface area contributed by atoms with E-state index in [9.17, 15) is 4.79 Å². The summed E-state index contributed by atoms with van der Waals surface area (Å²) in [5.74, 6) is 0.575. The van der Waals surface area contributed by atoms with E-state index in [1.54, 1.807) is 11.3 Å². The molecule has 6 heteroatoms. The zero-order valence-electron chi connectivity index (χ0n) is 14.6. The second kappa shape index (κ2) is 8.87. The number of para-hydroxylation sites is 2. The highest BCUT2D eigenvalue weighted by molar-refractivity contribution is 8.01. The van der Waals surface area contributed by atoms with Gasteiger partial charge in [0.2, 0.25) is 5.91 Å². The Hall–Kier alpha value is -2.31.